The van der Waals surface area contributed by atoms with Crippen molar-refractivity contribution < 1.29 is 9.90 Å². The molecule has 1 N–H and O–H groups in total. The Hall–Kier alpha value is -2.09. The molecular formula is C16H15N3O2S2. The van der Waals surface area contributed by atoms with Crippen molar-refractivity contribution in [2.75, 3.05) is 13.2 Å². The van der Waals surface area contributed by atoms with E-state index in [1.165, 1.54) is 17.4 Å². The first-order chi connectivity index (χ1) is 11.3. The number of thiazole rings is 2. The molecule has 0 unspecified atom stereocenters. The van der Waals surface area contributed by atoms with Gasteiger partial charge in [-0.2, -0.15) is 0 Å². The van der Waals surface area contributed by atoms with Crippen LogP contribution in [0.4, 0.5) is 0 Å². The van der Waals surface area contributed by atoms with E-state index in [4.69, 9.17) is 5.11 Å². The molecule has 0 saturated carbocycles. The SMILES string of the molecule is O=C(C=Cc1nc2ccccc2s1)N(CCO)Cc1nccs1. The molecule has 0 bridgehead atoms. The Morgan fingerprint density at radius 1 is 1.35 bits per heavy atom. The Morgan fingerprint density at radius 2 is 2.22 bits per heavy atom. The van der Waals surface area contributed by atoms with Crippen LogP contribution in [0.25, 0.3) is 16.3 Å². The molecule has 0 atom stereocenters. The minimum absolute atomic E-state index is 0.0773. The number of carbonyl (C=O) groups excluding carboxylic acids is 1. The number of para-hydroxylation sites is 1. The van der Waals surface area contributed by atoms with E-state index in [-0.39, 0.29) is 19.1 Å². The van der Waals surface area contributed by atoms with E-state index in [1.54, 1.807) is 28.5 Å². The Kier molecular flexibility index (Phi) is 5.12. The maximum Gasteiger partial charge on any atom is 0.247 e. The predicted octanol–water partition coefficient (Wildman–Crippen LogP) is 2.79. The van der Waals surface area contributed by atoms with Gasteiger partial charge in [-0.25, -0.2) is 9.97 Å². The number of rotatable bonds is 6. The van der Waals surface area contributed by atoms with Crippen LogP contribution in [0.2, 0.25) is 0 Å². The minimum atomic E-state index is -0.159. The van der Waals surface area contributed by atoms with Gasteiger partial charge in [-0.3, -0.25) is 4.79 Å². The van der Waals surface area contributed by atoms with Crippen LogP contribution in [0.1, 0.15) is 10.0 Å². The summed E-state index contributed by atoms with van der Waals surface area (Å²) >= 11 is 3.03. The van der Waals surface area contributed by atoms with Crippen molar-refractivity contribution in [3.05, 3.63) is 51.9 Å². The zero-order chi connectivity index (χ0) is 16.1. The quantitative estimate of drug-likeness (QED) is 0.698. The van der Waals surface area contributed by atoms with Gasteiger partial charge in [0.1, 0.15) is 10.0 Å². The number of aromatic nitrogens is 2. The molecular weight excluding hydrogens is 330 g/mol. The summed E-state index contributed by atoms with van der Waals surface area (Å²) in [5, 5.41) is 12.7. The van der Waals surface area contributed by atoms with Crippen LogP contribution in [0.15, 0.2) is 41.9 Å². The Labute approximate surface area is 141 Å². The number of amides is 1. The maximum atomic E-state index is 12.3. The van der Waals surface area contributed by atoms with Crippen LogP contribution in [-0.4, -0.2) is 39.0 Å². The number of aliphatic hydroxyl groups is 1. The molecule has 3 aromatic rings. The largest absolute Gasteiger partial charge is 0.395 e. The molecule has 0 aliphatic rings. The van der Waals surface area contributed by atoms with E-state index in [9.17, 15) is 4.79 Å². The predicted molar refractivity (Wildman–Crippen MR) is 93.3 cm³/mol. The molecule has 118 valence electrons. The number of fused-ring (bicyclic) bond motifs is 1. The van der Waals surface area contributed by atoms with Gasteiger partial charge >= 0.3 is 0 Å². The third-order valence-electron chi connectivity index (χ3n) is 3.17. The fraction of sp³-hybridized carbons (Fsp3) is 0.188. The maximum absolute atomic E-state index is 12.3. The fourth-order valence-electron chi connectivity index (χ4n) is 2.09. The van der Waals surface area contributed by atoms with E-state index < -0.39 is 0 Å². The van der Waals surface area contributed by atoms with E-state index in [0.717, 1.165) is 20.2 Å². The first kappa shape index (κ1) is 15.8. The van der Waals surface area contributed by atoms with Gasteiger partial charge in [0.15, 0.2) is 0 Å². The van der Waals surface area contributed by atoms with Gasteiger partial charge < -0.3 is 10.0 Å². The van der Waals surface area contributed by atoms with E-state index in [2.05, 4.69) is 9.97 Å². The van der Waals surface area contributed by atoms with Crippen LogP contribution in [-0.2, 0) is 11.3 Å². The van der Waals surface area contributed by atoms with Crippen LogP contribution in [0.3, 0.4) is 0 Å². The summed E-state index contributed by atoms with van der Waals surface area (Å²) in [5.74, 6) is -0.159. The number of benzene rings is 1. The summed E-state index contributed by atoms with van der Waals surface area (Å²) in [6.07, 6.45) is 4.93. The van der Waals surface area contributed by atoms with Crippen molar-refractivity contribution in [1.82, 2.24) is 14.9 Å². The zero-order valence-corrected chi connectivity index (χ0v) is 13.9. The van der Waals surface area contributed by atoms with Crippen LogP contribution >= 0.6 is 22.7 Å². The highest BCUT2D eigenvalue weighted by atomic mass is 32.1. The third-order valence-corrected chi connectivity index (χ3v) is 4.94. The Morgan fingerprint density at radius 3 is 2.96 bits per heavy atom. The highest BCUT2D eigenvalue weighted by molar-refractivity contribution is 7.19. The molecule has 0 radical (unpaired) electrons. The number of aliphatic hydroxyl groups excluding tert-OH is 1. The highest BCUT2D eigenvalue weighted by Gasteiger charge is 2.12. The molecule has 2 aromatic heterocycles. The van der Waals surface area contributed by atoms with Gasteiger partial charge in [0, 0.05) is 24.2 Å². The van der Waals surface area contributed by atoms with Crippen molar-refractivity contribution in [3.8, 4) is 0 Å². The molecule has 0 saturated heterocycles. The molecule has 0 spiro atoms. The molecule has 0 fully saturated rings. The Balaban J connectivity index is 1.72. The second-order valence-electron chi connectivity index (χ2n) is 4.76. The molecule has 7 heteroatoms. The monoisotopic (exact) mass is 345 g/mol. The summed E-state index contributed by atoms with van der Waals surface area (Å²) in [7, 11) is 0. The van der Waals surface area contributed by atoms with E-state index in [0.29, 0.717) is 6.54 Å². The molecule has 0 aliphatic carbocycles. The lowest BCUT2D eigenvalue weighted by Gasteiger charge is -2.18. The van der Waals surface area contributed by atoms with Crippen molar-refractivity contribution in [3.63, 3.8) is 0 Å². The lowest BCUT2D eigenvalue weighted by Crippen LogP contribution is -2.31. The molecule has 2 heterocycles. The van der Waals surface area contributed by atoms with Gasteiger partial charge in [0.2, 0.25) is 5.91 Å². The lowest BCUT2D eigenvalue weighted by atomic mass is 10.3. The van der Waals surface area contributed by atoms with Crippen LogP contribution < -0.4 is 0 Å². The molecule has 3 rings (SSSR count). The number of nitrogens with zero attached hydrogens (tertiary/aromatic N) is 3. The smallest absolute Gasteiger partial charge is 0.247 e. The minimum Gasteiger partial charge on any atom is -0.395 e. The first-order valence-corrected chi connectivity index (χ1v) is 8.77. The molecule has 0 aliphatic heterocycles. The lowest BCUT2D eigenvalue weighted by molar-refractivity contribution is -0.127. The van der Waals surface area contributed by atoms with E-state index >= 15 is 0 Å². The summed E-state index contributed by atoms with van der Waals surface area (Å²) in [4.78, 5) is 22.5. The first-order valence-electron chi connectivity index (χ1n) is 7.08. The number of hydrogen-bond acceptors (Lipinski definition) is 6. The normalized spacial score (nSPS) is 11.3. The summed E-state index contributed by atoms with van der Waals surface area (Å²) in [6, 6.07) is 7.87. The summed E-state index contributed by atoms with van der Waals surface area (Å²) in [6.45, 7) is 0.607. The standard InChI is InChI=1S/C16H15N3O2S2/c20-9-8-19(11-15-17-7-10-22-15)16(21)6-5-14-18-12-3-1-2-4-13(12)23-14/h1-7,10,20H,8-9,11H2. The van der Waals surface area contributed by atoms with Crippen molar-refractivity contribution in [2.24, 2.45) is 0 Å². The fourth-order valence-corrected chi connectivity index (χ4v) is 3.59. The highest BCUT2D eigenvalue weighted by Crippen LogP contribution is 2.22. The van der Waals surface area contributed by atoms with Crippen LogP contribution in [0, 0.1) is 0 Å². The molecule has 1 aromatic carbocycles. The zero-order valence-electron chi connectivity index (χ0n) is 12.3. The van der Waals surface area contributed by atoms with Gasteiger partial charge in [0.05, 0.1) is 23.4 Å². The topological polar surface area (TPSA) is 66.3 Å². The van der Waals surface area contributed by atoms with Crippen LogP contribution in [0.5, 0.6) is 0 Å². The van der Waals surface area contributed by atoms with Crippen molar-refractivity contribution in [2.45, 2.75) is 6.54 Å². The average molecular weight is 345 g/mol. The van der Waals surface area contributed by atoms with Gasteiger partial charge in [-0.05, 0) is 18.2 Å². The van der Waals surface area contributed by atoms with Gasteiger partial charge in [-0.1, -0.05) is 12.1 Å². The molecule has 1 amide bonds. The summed E-state index contributed by atoms with van der Waals surface area (Å²) < 4.78 is 1.09. The van der Waals surface area contributed by atoms with Crippen molar-refractivity contribution in [1.29, 1.82) is 0 Å². The number of carbonyl (C=O) groups is 1. The molecule has 23 heavy (non-hydrogen) atoms. The van der Waals surface area contributed by atoms with Gasteiger partial charge in [-0.15, -0.1) is 22.7 Å². The second kappa shape index (κ2) is 7.45. The average Bonchev–Trinajstić information content (AvgIpc) is 3.21. The van der Waals surface area contributed by atoms with E-state index in [1.807, 2.05) is 29.6 Å². The van der Waals surface area contributed by atoms with Gasteiger partial charge in [0.25, 0.3) is 0 Å². The number of hydrogen-bond donors (Lipinski definition) is 1. The summed E-state index contributed by atoms with van der Waals surface area (Å²) in [5.41, 5.74) is 0.930. The van der Waals surface area contributed by atoms with Crippen molar-refractivity contribution >= 4 is 44.9 Å². The second-order valence-corrected chi connectivity index (χ2v) is 6.80. The third kappa shape index (κ3) is 4.01. The Bertz CT molecular complexity index is 779. The molecule has 5 nitrogen and oxygen atoms in total.